The van der Waals surface area contributed by atoms with E-state index in [1.54, 1.807) is 12.1 Å². The number of nitrogen functional groups attached to an aromatic ring is 1. The Bertz CT molecular complexity index is 658. The number of nitrogens with one attached hydrogen (secondary N) is 1. The van der Waals surface area contributed by atoms with E-state index in [1.165, 1.54) is 0 Å². The molecule has 1 aromatic carbocycles. The van der Waals surface area contributed by atoms with Gasteiger partial charge in [-0.2, -0.15) is 0 Å². The summed E-state index contributed by atoms with van der Waals surface area (Å²) in [6.07, 6.45) is 2.14. The molecule has 1 aliphatic heterocycles. The molecule has 1 saturated heterocycles. The van der Waals surface area contributed by atoms with Gasteiger partial charge in [-0.25, -0.2) is 8.51 Å². The molecule has 25 heavy (non-hydrogen) atoms. The second kappa shape index (κ2) is 8.16. The van der Waals surface area contributed by atoms with Crippen molar-refractivity contribution in [2.75, 3.05) is 24.6 Å². The third-order valence-corrected chi connectivity index (χ3v) is 7.06. The van der Waals surface area contributed by atoms with Crippen LogP contribution in [0.15, 0.2) is 12.1 Å². The van der Waals surface area contributed by atoms with E-state index in [9.17, 15) is 9.32 Å². The van der Waals surface area contributed by atoms with Crippen LogP contribution in [0.25, 0.3) is 0 Å². The summed E-state index contributed by atoms with van der Waals surface area (Å²) >= 11 is 6.14. The predicted octanol–water partition coefficient (Wildman–Crippen LogP) is 3.38. The van der Waals surface area contributed by atoms with E-state index in [0.29, 0.717) is 27.6 Å². The number of aliphatic hydroxyl groups is 1. The van der Waals surface area contributed by atoms with Crippen LogP contribution in [0.3, 0.4) is 0 Å². The number of piperidine rings is 1. The Morgan fingerprint density at radius 2 is 2.08 bits per heavy atom. The van der Waals surface area contributed by atoms with Crippen LogP contribution in [-0.2, 0) is 11.0 Å². The lowest BCUT2D eigenvalue weighted by atomic mass is 9.68. The van der Waals surface area contributed by atoms with E-state index in [-0.39, 0.29) is 5.92 Å². The van der Waals surface area contributed by atoms with Gasteiger partial charge in [-0.3, -0.25) is 0 Å². The van der Waals surface area contributed by atoms with Gasteiger partial charge in [-0.15, -0.1) is 0 Å². The molecule has 1 fully saturated rings. The molecule has 0 spiro atoms. The van der Waals surface area contributed by atoms with Crippen LogP contribution in [0.2, 0.25) is 5.02 Å². The van der Waals surface area contributed by atoms with Crippen LogP contribution < -0.4 is 5.73 Å². The number of nitrogens with two attached hydrogens (primary N) is 1. The number of anilines is 1. The fraction of sp³-hybridized carbons (Fsp3) is 0.611. The van der Waals surface area contributed by atoms with E-state index >= 15 is 0 Å². The first-order valence-electron chi connectivity index (χ1n) is 8.63. The van der Waals surface area contributed by atoms with Crippen molar-refractivity contribution in [2.24, 2.45) is 11.3 Å². The van der Waals surface area contributed by atoms with Gasteiger partial charge in [-0.05, 0) is 36.3 Å². The van der Waals surface area contributed by atoms with E-state index in [0.717, 1.165) is 32.1 Å². The Morgan fingerprint density at radius 3 is 2.60 bits per heavy atom. The van der Waals surface area contributed by atoms with Gasteiger partial charge in [0.05, 0.1) is 17.1 Å². The van der Waals surface area contributed by atoms with Crippen LogP contribution in [0, 0.1) is 16.7 Å². The van der Waals surface area contributed by atoms with Crippen molar-refractivity contribution >= 4 is 34.5 Å². The average Bonchev–Trinajstić information content (AvgIpc) is 2.62. The van der Waals surface area contributed by atoms with Crippen molar-refractivity contribution in [3.8, 4) is 0 Å². The van der Waals surface area contributed by atoms with Crippen molar-refractivity contribution in [1.82, 2.24) is 4.31 Å². The topological polar surface area (TPSA) is 90.4 Å². The van der Waals surface area contributed by atoms with Gasteiger partial charge in [0.15, 0.2) is 0 Å². The maximum Gasteiger partial charge on any atom is 0.0939 e. The normalized spacial score (nSPS) is 19.6. The lowest BCUT2D eigenvalue weighted by molar-refractivity contribution is -0.0113. The minimum atomic E-state index is -0.905. The molecule has 0 amide bonds. The highest BCUT2D eigenvalue weighted by molar-refractivity contribution is 7.82. The summed E-state index contributed by atoms with van der Waals surface area (Å²) in [6, 6.07) is 3.32. The number of hydrogen-bond donors (Lipinski definition) is 3. The zero-order valence-corrected chi connectivity index (χ0v) is 16.7. The van der Waals surface area contributed by atoms with Crippen LogP contribution in [-0.4, -0.2) is 38.7 Å². The van der Waals surface area contributed by atoms with E-state index in [1.807, 2.05) is 25.1 Å². The molecule has 1 aromatic rings. The first-order valence-corrected chi connectivity index (χ1v) is 10.3. The standard InChI is InChI=1S/C18H28ClN3O2S/c1-4-25(24)22-7-5-13(6-8-22)18(2,3)17(23)15-10-14(19)9-12(11-20)16(15)21/h9-11,13,17,20,23H,4-8,21H2,1-3H3. The quantitative estimate of drug-likeness (QED) is 0.518. The van der Waals surface area contributed by atoms with Gasteiger partial charge in [0.1, 0.15) is 0 Å². The summed E-state index contributed by atoms with van der Waals surface area (Å²) in [7, 11) is -0.905. The van der Waals surface area contributed by atoms with Crippen LogP contribution in [0.1, 0.15) is 50.8 Å². The largest absolute Gasteiger partial charge is 0.398 e. The van der Waals surface area contributed by atoms with E-state index in [4.69, 9.17) is 22.7 Å². The zero-order chi connectivity index (χ0) is 18.8. The lowest BCUT2D eigenvalue weighted by Crippen LogP contribution is -2.42. The second-order valence-corrected chi connectivity index (χ2v) is 9.35. The fourth-order valence-corrected chi connectivity index (χ4v) is 4.83. The molecule has 2 rings (SSSR count). The van der Waals surface area contributed by atoms with E-state index in [2.05, 4.69) is 0 Å². The number of nitrogens with zero attached hydrogens (tertiary/aromatic N) is 1. The molecular weight excluding hydrogens is 358 g/mol. The van der Waals surface area contributed by atoms with Gasteiger partial charge in [0.25, 0.3) is 0 Å². The summed E-state index contributed by atoms with van der Waals surface area (Å²) in [5.74, 6) is 0.928. The molecule has 2 unspecified atom stereocenters. The second-order valence-electron chi connectivity index (χ2n) is 7.18. The Kier molecular flexibility index (Phi) is 6.65. The number of hydrogen-bond acceptors (Lipinski definition) is 4. The highest BCUT2D eigenvalue weighted by Crippen LogP contribution is 2.46. The van der Waals surface area contributed by atoms with E-state index < -0.39 is 22.5 Å². The number of benzene rings is 1. The van der Waals surface area contributed by atoms with Crippen LogP contribution >= 0.6 is 11.6 Å². The SMILES string of the molecule is CCS(=O)N1CCC(C(C)(C)C(O)c2cc(Cl)cc(C=N)c2N)CC1. The highest BCUT2D eigenvalue weighted by atomic mass is 35.5. The summed E-state index contributed by atoms with van der Waals surface area (Å²) in [5.41, 5.74) is 7.25. The Hall–Kier alpha value is -0.950. The highest BCUT2D eigenvalue weighted by Gasteiger charge is 2.40. The Labute approximate surface area is 157 Å². The molecule has 0 saturated carbocycles. The van der Waals surface area contributed by atoms with Crippen LogP contribution in [0.4, 0.5) is 5.69 Å². The summed E-state index contributed by atoms with van der Waals surface area (Å²) < 4.78 is 14.0. The van der Waals surface area contributed by atoms with Crippen molar-refractivity contribution in [2.45, 2.75) is 39.7 Å². The lowest BCUT2D eigenvalue weighted by Gasteiger charge is -2.43. The summed E-state index contributed by atoms with van der Waals surface area (Å²) in [5, 5.41) is 19.0. The molecule has 0 aliphatic carbocycles. The fourth-order valence-electron chi connectivity index (χ4n) is 3.62. The Balaban J connectivity index is 2.21. The van der Waals surface area contributed by atoms with Crippen molar-refractivity contribution < 1.29 is 9.32 Å². The maximum atomic E-state index is 12.0. The molecular formula is C18H28ClN3O2S. The third-order valence-electron chi connectivity index (χ3n) is 5.40. The molecule has 0 bridgehead atoms. The summed E-state index contributed by atoms with van der Waals surface area (Å²) in [6.45, 7) is 7.56. The molecule has 0 radical (unpaired) electrons. The first kappa shape index (κ1) is 20.4. The van der Waals surface area contributed by atoms with Gasteiger partial charge in [0, 0.05) is 46.9 Å². The minimum Gasteiger partial charge on any atom is -0.398 e. The molecule has 0 aromatic heterocycles. The van der Waals surface area contributed by atoms with Crippen LogP contribution in [0.5, 0.6) is 0 Å². The zero-order valence-electron chi connectivity index (χ0n) is 15.1. The molecule has 140 valence electrons. The molecule has 4 N–H and O–H groups in total. The molecule has 1 aliphatic rings. The third kappa shape index (κ3) is 4.25. The monoisotopic (exact) mass is 385 g/mol. The number of aliphatic hydroxyl groups excluding tert-OH is 1. The van der Waals surface area contributed by atoms with Gasteiger partial charge >= 0.3 is 0 Å². The van der Waals surface area contributed by atoms with Crippen molar-refractivity contribution in [3.05, 3.63) is 28.3 Å². The number of halogens is 1. The first-order chi connectivity index (χ1) is 11.7. The van der Waals surface area contributed by atoms with Crippen molar-refractivity contribution in [3.63, 3.8) is 0 Å². The minimum absolute atomic E-state index is 0.286. The smallest absolute Gasteiger partial charge is 0.0939 e. The predicted molar refractivity (Wildman–Crippen MR) is 105 cm³/mol. The molecule has 2 atom stereocenters. The average molecular weight is 386 g/mol. The van der Waals surface area contributed by atoms with Gasteiger partial charge < -0.3 is 16.2 Å². The Morgan fingerprint density at radius 1 is 1.48 bits per heavy atom. The summed E-state index contributed by atoms with van der Waals surface area (Å²) in [4.78, 5) is 0. The van der Waals surface area contributed by atoms with Crippen molar-refractivity contribution in [1.29, 1.82) is 5.41 Å². The number of rotatable bonds is 6. The van der Waals surface area contributed by atoms with Gasteiger partial charge in [-0.1, -0.05) is 32.4 Å². The molecule has 1 heterocycles. The van der Waals surface area contributed by atoms with Gasteiger partial charge in [0.2, 0.25) is 0 Å². The molecule has 7 heteroatoms. The maximum absolute atomic E-state index is 12.0. The molecule has 5 nitrogen and oxygen atoms in total.